The maximum absolute atomic E-state index is 12.3. The SMILES string of the molecule is O=C(O)c1ccc(Cc2cnc3ccc(C(=O)OCn4cnnc4)cc3c2O)cc1. The highest BCUT2D eigenvalue weighted by atomic mass is 16.5. The number of carbonyl (C=O) groups is 2. The second-order valence-corrected chi connectivity index (χ2v) is 6.58. The maximum Gasteiger partial charge on any atom is 0.339 e. The molecule has 9 heteroatoms. The molecule has 4 rings (SSSR count). The van der Waals surface area contributed by atoms with Gasteiger partial charge in [0, 0.05) is 23.6 Å². The molecule has 0 amide bonds. The van der Waals surface area contributed by atoms with Gasteiger partial charge in [0.15, 0.2) is 6.73 Å². The van der Waals surface area contributed by atoms with Crippen LogP contribution in [0.1, 0.15) is 31.8 Å². The van der Waals surface area contributed by atoms with Gasteiger partial charge in [-0.15, -0.1) is 10.2 Å². The van der Waals surface area contributed by atoms with Gasteiger partial charge in [-0.2, -0.15) is 0 Å². The van der Waals surface area contributed by atoms with Crippen LogP contribution in [-0.4, -0.2) is 41.9 Å². The molecule has 2 aromatic heterocycles. The summed E-state index contributed by atoms with van der Waals surface area (Å²) < 4.78 is 6.72. The zero-order valence-corrected chi connectivity index (χ0v) is 15.6. The van der Waals surface area contributed by atoms with E-state index in [0.717, 1.165) is 5.56 Å². The van der Waals surface area contributed by atoms with Gasteiger partial charge in [-0.3, -0.25) is 9.55 Å². The number of aromatic nitrogens is 4. The molecule has 0 saturated heterocycles. The largest absolute Gasteiger partial charge is 0.507 e. The topological polar surface area (TPSA) is 127 Å². The third-order valence-electron chi connectivity index (χ3n) is 4.56. The van der Waals surface area contributed by atoms with Crippen LogP contribution < -0.4 is 0 Å². The van der Waals surface area contributed by atoms with E-state index in [4.69, 9.17) is 9.84 Å². The summed E-state index contributed by atoms with van der Waals surface area (Å²) in [5, 5.41) is 27.4. The van der Waals surface area contributed by atoms with Gasteiger partial charge >= 0.3 is 11.9 Å². The molecule has 0 fully saturated rings. The summed E-state index contributed by atoms with van der Waals surface area (Å²) >= 11 is 0. The van der Waals surface area contributed by atoms with Crippen LogP contribution in [0.4, 0.5) is 0 Å². The Morgan fingerprint density at radius 2 is 1.70 bits per heavy atom. The molecule has 0 unspecified atom stereocenters. The lowest BCUT2D eigenvalue weighted by atomic mass is 10.0. The number of ether oxygens (including phenoxy) is 1. The smallest absolute Gasteiger partial charge is 0.339 e. The van der Waals surface area contributed by atoms with E-state index in [1.165, 1.54) is 35.4 Å². The van der Waals surface area contributed by atoms with Crippen molar-refractivity contribution in [2.45, 2.75) is 13.2 Å². The molecule has 2 heterocycles. The number of benzene rings is 2. The zero-order chi connectivity index (χ0) is 21.1. The van der Waals surface area contributed by atoms with Crippen LogP contribution in [0.3, 0.4) is 0 Å². The van der Waals surface area contributed by atoms with Crippen molar-refractivity contribution in [3.05, 3.63) is 83.6 Å². The molecule has 0 aliphatic rings. The van der Waals surface area contributed by atoms with Gasteiger partial charge < -0.3 is 14.9 Å². The summed E-state index contributed by atoms with van der Waals surface area (Å²) in [4.78, 5) is 27.7. The molecule has 30 heavy (non-hydrogen) atoms. The third kappa shape index (κ3) is 3.95. The van der Waals surface area contributed by atoms with Gasteiger partial charge in [-0.1, -0.05) is 12.1 Å². The fourth-order valence-corrected chi connectivity index (χ4v) is 2.97. The van der Waals surface area contributed by atoms with Crippen LogP contribution in [-0.2, 0) is 17.9 Å². The Kier molecular flexibility index (Phi) is 5.08. The van der Waals surface area contributed by atoms with Gasteiger partial charge in [0.1, 0.15) is 18.4 Å². The number of fused-ring (bicyclic) bond motifs is 1. The monoisotopic (exact) mass is 404 g/mol. The first-order chi connectivity index (χ1) is 14.5. The van der Waals surface area contributed by atoms with E-state index < -0.39 is 11.9 Å². The number of aromatic carboxylic acids is 1. The second-order valence-electron chi connectivity index (χ2n) is 6.58. The molecular weight excluding hydrogens is 388 g/mol. The van der Waals surface area contributed by atoms with Crippen molar-refractivity contribution in [1.29, 1.82) is 0 Å². The van der Waals surface area contributed by atoms with Gasteiger partial charge in [-0.25, -0.2) is 9.59 Å². The molecule has 0 bridgehead atoms. The van der Waals surface area contributed by atoms with Crippen LogP contribution >= 0.6 is 0 Å². The van der Waals surface area contributed by atoms with Crippen LogP contribution in [0.2, 0.25) is 0 Å². The maximum atomic E-state index is 12.3. The van der Waals surface area contributed by atoms with E-state index >= 15 is 0 Å². The Bertz CT molecular complexity index is 1220. The molecule has 0 spiro atoms. The molecule has 9 nitrogen and oxygen atoms in total. The highest BCUT2D eigenvalue weighted by Crippen LogP contribution is 2.29. The van der Waals surface area contributed by atoms with E-state index in [1.807, 2.05) is 0 Å². The highest BCUT2D eigenvalue weighted by Gasteiger charge is 2.14. The number of carboxylic acid groups (broad SMARTS) is 1. The lowest BCUT2D eigenvalue weighted by molar-refractivity contribution is 0.0371. The molecule has 0 radical (unpaired) electrons. The van der Waals surface area contributed by atoms with E-state index in [0.29, 0.717) is 22.9 Å². The van der Waals surface area contributed by atoms with Crippen molar-refractivity contribution in [1.82, 2.24) is 19.7 Å². The molecule has 0 aliphatic carbocycles. The van der Waals surface area contributed by atoms with E-state index in [1.54, 1.807) is 30.5 Å². The minimum atomic E-state index is -1.000. The fraction of sp³-hybridized carbons (Fsp3) is 0.0952. The Labute approximate surface area is 170 Å². The Balaban J connectivity index is 1.57. The molecule has 2 N–H and O–H groups in total. The number of hydrogen-bond acceptors (Lipinski definition) is 7. The highest BCUT2D eigenvalue weighted by molar-refractivity contribution is 5.96. The standard InChI is InChI=1S/C21H16N4O5/c26-19-16(7-13-1-3-14(4-2-13)20(27)28)9-22-18-6-5-15(8-17(18)19)21(29)30-12-25-10-23-24-11-25/h1-6,8-11H,7,12H2,(H,22,26)(H,27,28). The molecule has 0 atom stereocenters. The first kappa shape index (κ1) is 19.1. The number of carbonyl (C=O) groups excluding carboxylic acids is 1. The Morgan fingerprint density at radius 3 is 2.40 bits per heavy atom. The summed E-state index contributed by atoms with van der Waals surface area (Å²) in [6, 6.07) is 11.1. The molecule has 150 valence electrons. The van der Waals surface area contributed by atoms with Crippen molar-refractivity contribution in [2.24, 2.45) is 0 Å². The quantitative estimate of drug-likeness (QED) is 0.470. The normalized spacial score (nSPS) is 10.8. The van der Waals surface area contributed by atoms with E-state index in [2.05, 4.69) is 15.2 Å². The van der Waals surface area contributed by atoms with E-state index in [9.17, 15) is 14.7 Å². The number of hydrogen-bond donors (Lipinski definition) is 2. The lowest BCUT2D eigenvalue weighted by Crippen LogP contribution is -2.08. The van der Waals surface area contributed by atoms with Gasteiger partial charge in [0.2, 0.25) is 0 Å². The van der Waals surface area contributed by atoms with Crippen molar-refractivity contribution in [3.63, 3.8) is 0 Å². The number of pyridine rings is 1. The first-order valence-corrected chi connectivity index (χ1v) is 8.93. The summed E-state index contributed by atoms with van der Waals surface area (Å²) in [5.41, 5.74) is 2.37. The van der Waals surface area contributed by atoms with Gasteiger partial charge in [0.25, 0.3) is 0 Å². The van der Waals surface area contributed by atoms with Crippen molar-refractivity contribution in [2.75, 3.05) is 0 Å². The van der Waals surface area contributed by atoms with Crippen molar-refractivity contribution in [3.8, 4) is 5.75 Å². The van der Waals surface area contributed by atoms with Crippen LogP contribution in [0, 0.1) is 0 Å². The number of esters is 1. The van der Waals surface area contributed by atoms with Crippen molar-refractivity contribution < 1.29 is 24.5 Å². The molecular formula is C21H16N4O5. The minimum Gasteiger partial charge on any atom is -0.507 e. The van der Waals surface area contributed by atoms with E-state index in [-0.39, 0.29) is 23.6 Å². The molecule has 2 aromatic carbocycles. The van der Waals surface area contributed by atoms with Crippen molar-refractivity contribution >= 4 is 22.8 Å². The predicted molar refractivity (Wildman–Crippen MR) is 105 cm³/mol. The molecule has 4 aromatic rings. The predicted octanol–water partition coefficient (Wildman–Crippen LogP) is 2.64. The van der Waals surface area contributed by atoms with Gasteiger partial charge in [-0.05, 0) is 35.9 Å². The van der Waals surface area contributed by atoms with Crippen LogP contribution in [0.5, 0.6) is 5.75 Å². The summed E-state index contributed by atoms with van der Waals surface area (Å²) in [6.07, 6.45) is 4.78. The minimum absolute atomic E-state index is 0.00997. The molecule has 0 aliphatic heterocycles. The average molecular weight is 404 g/mol. The molecule has 0 saturated carbocycles. The lowest BCUT2D eigenvalue weighted by Gasteiger charge is -2.10. The van der Waals surface area contributed by atoms with Crippen LogP contribution in [0.25, 0.3) is 10.9 Å². The third-order valence-corrected chi connectivity index (χ3v) is 4.56. The number of carboxylic acids is 1. The Hall–Kier alpha value is -4.27. The van der Waals surface area contributed by atoms with Crippen LogP contribution in [0.15, 0.2) is 61.3 Å². The Morgan fingerprint density at radius 1 is 1.00 bits per heavy atom. The number of nitrogens with zero attached hydrogens (tertiary/aromatic N) is 4. The zero-order valence-electron chi connectivity index (χ0n) is 15.6. The van der Waals surface area contributed by atoms with Gasteiger partial charge in [0.05, 0.1) is 16.6 Å². The number of rotatable bonds is 6. The first-order valence-electron chi connectivity index (χ1n) is 8.93. The number of aromatic hydroxyl groups is 1. The second kappa shape index (κ2) is 8.00. The summed E-state index contributed by atoms with van der Waals surface area (Å²) in [6.45, 7) is -0.0273. The summed E-state index contributed by atoms with van der Waals surface area (Å²) in [7, 11) is 0. The average Bonchev–Trinajstić information content (AvgIpc) is 3.28. The summed E-state index contributed by atoms with van der Waals surface area (Å²) in [5.74, 6) is -1.55. The fourth-order valence-electron chi connectivity index (χ4n) is 2.97.